The number of aliphatic hydroxyl groups excluding tert-OH is 1. The number of aryl methyl sites for hydroxylation is 1. The maximum absolute atomic E-state index is 13.1. The minimum Gasteiger partial charge on any atom is -0.387 e. The van der Waals surface area contributed by atoms with Crippen molar-refractivity contribution in [2.24, 2.45) is 0 Å². The molecule has 2 N–H and O–H groups in total. The molecule has 0 aliphatic carbocycles. The van der Waals surface area contributed by atoms with E-state index in [9.17, 15) is 13.9 Å². The lowest BCUT2D eigenvalue weighted by Crippen LogP contribution is -2.12. The highest BCUT2D eigenvalue weighted by molar-refractivity contribution is 5.46. The minimum absolute atomic E-state index is 0.234. The minimum atomic E-state index is -0.950. The summed E-state index contributed by atoms with van der Waals surface area (Å²) >= 11 is 0. The van der Waals surface area contributed by atoms with Crippen LogP contribution in [0.4, 0.5) is 14.5 Å². The lowest BCUT2D eigenvalue weighted by atomic mass is 10.1. The second kappa shape index (κ2) is 6.48. The van der Waals surface area contributed by atoms with E-state index in [1.165, 1.54) is 11.6 Å². The Bertz CT molecular complexity index is 586. The number of hydrogen-bond acceptors (Lipinski definition) is 2. The summed E-state index contributed by atoms with van der Waals surface area (Å²) in [6.07, 6.45) is 0.0386. The standard InChI is InChI=1S/C16H17F2NO/c1-2-11-4-3-5-13(8-11)19-10-16(20)12-6-7-14(17)15(18)9-12/h3-9,16,19-20H,2,10H2,1H3. The third-order valence-corrected chi connectivity index (χ3v) is 3.16. The first-order valence-electron chi connectivity index (χ1n) is 6.56. The normalized spacial score (nSPS) is 12.2. The molecule has 0 spiro atoms. The fourth-order valence-electron chi connectivity index (χ4n) is 1.95. The van der Waals surface area contributed by atoms with Crippen LogP contribution < -0.4 is 5.32 Å². The van der Waals surface area contributed by atoms with Crippen LogP contribution in [0, 0.1) is 11.6 Å². The predicted molar refractivity (Wildman–Crippen MR) is 75.6 cm³/mol. The molecule has 2 aromatic carbocycles. The monoisotopic (exact) mass is 277 g/mol. The van der Waals surface area contributed by atoms with Crippen LogP contribution in [0.3, 0.4) is 0 Å². The Balaban J connectivity index is 2.00. The van der Waals surface area contributed by atoms with Gasteiger partial charge in [0.2, 0.25) is 0 Å². The number of nitrogens with one attached hydrogen (secondary N) is 1. The van der Waals surface area contributed by atoms with Crippen molar-refractivity contribution in [2.45, 2.75) is 19.4 Å². The maximum atomic E-state index is 13.1. The zero-order valence-corrected chi connectivity index (χ0v) is 11.2. The van der Waals surface area contributed by atoms with Gasteiger partial charge in [0, 0.05) is 12.2 Å². The van der Waals surface area contributed by atoms with Gasteiger partial charge in [-0.05, 0) is 41.8 Å². The average molecular weight is 277 g/mol. The summed E-state index contributed by atoms with van der Waals surface area (Å²) < 4.78 is 25.9. The molecule has 1 unspecified atom stereocenters. The third kappa shape index (κ3) is 3.54. The van der Waals surface area contributed by atoms with E-state index in [4.69, 9.17) is 0 Å². The number of benzene rings is 2. The van der Waals surface area contributed by atoms with Gasteiger partial charge in [-0.2, -0.15) is 0 Å². The first kappa shape index (κ1) is 14.5. The SMILES string of the molecule is CCc1cccc(NCC(O)c2ccc(F)c(F)c2)c1. The van der Waals surface area contributed by atoms with Gasteiger partial charge in [0.15, 0.2) is 11.6 Å². The zero-order chi connectivity index (χ0) is 14.5. The Hall–Kier alpha value is -1.94. The van der Waals surface area contributed by atoms with E-state index >= 15 is 0 Å². The first-order valence-corrected chi connectivity index (χ1v) is 6.56. The van der Waals surface area contributed by atoms with Crippen molar-refractivity contribution in [3.05, 3.63) is 65.2 Å². The fourth-order valence-corrected chi connectivity index (χ4v) is 1.95. The smallest absolute Gasteiger partial charge is 0.159 e. The van der Waals surface area contributed by atoms with Gasteiger partial charge in [0.1, 0.15) is 0 Å². The molecule has 0 saturated carbocycles. The molecule has 0 amide bonds. The highest BCUT2D eigenvalue weighted by Gasteiger charge is 2.10. The Labute approximate surface area is 117 Å². The first-order chi connectivity index (χ1) is 9.60. The molecule has 0 fully saturated rings. The molecule has 2 aromatic rings. The number of hydrogen-bond donors (Lipinski definition) is 2. The summed E-state index contributed by atoms with van der Waals surface area (Å²) in [6.45, 7) is 2.30. The number of rotatable bonds is 5. The molecule has 0 aliphatic rings. The van der Waals surface area contributed by atoms with Gasteiger partial charge < -0.3 is 10.4 Å². The molecular weight excluding hydrogens is 260 g/mol. The molecule has 0 aromatic heterocycles. The highest BCUT2D eigenvalue weighted by Crippen LogP contribution is 2.18. The van der Waals surface area contributed by atoms with Gasteiger partial charge in [0.05, 0.1) is 6.10 Å². The molecule has 0 radical (unpaired) electrons. The Morgan fingerprint density at radius 1 is 1.10 bits per heavy atom. The van der Waals surface area contributed by atoms with Crippen LogP contribution in [0.15, 0.2) is 42.5 Å². The molecule has 4 heteroatoms. The Morgan fingerprint density at radius 2 is 1.90 bits per heavy atom. The quantitative estimate of drug-likeness (QED) is 0.874. The second-order valence-corrected chi connectivity index (χ2v) is 4.62. The van der Waals surface area contributed by atoms with Crippen LogP contribution in [0.25, 0.3) is 0 Å². The van der Waals surface area contributed by atoms with Gasteiger partial charge in [-0.15, -0.1) is 0 Å². The third-order valence-electron chi connectivity index (χ3n) is 3.16. The fraction of sp³-hybridized carbons (Fsp3) is 0.250. The topological polar surface area (TPSA) is 32.3 Å². The lowest BCUT2D eigenvalue weighted by Gasteiger charge is -2.14. The Kier molecular flexibility index (Phi) is 4.69. The summed E-state index contributed by atoms with van der Waals surface area (Å²) in [4.78, 5) is 0. The van der Waals surface area contributed by atoms with Crippen molar-refractivity contribution in [1.29, 1.82) is 0 Å². The number of anilines is 1. The van der Waals surface area contributed by atoms with Gasteiger partial charge in [-0.1, -0.05) is 25.1 Å². The molecule has 2 rings (SSSR count). The molecule has 20 heavy (non-hydrogen) atoms. The van der Waals surface area contributed by atoms with E-state index in [0.717, 1.165) is 24.2 Å². The molecule has 0 bridgehead atoms. The van der Waals surface area contributed by atoms with Crippen molar-refractivity contribution >= 4 is 5.69 Å². The molecule has 0 saturated heterocycles. The predicted octanol–water partition coefficient (Wildman–Crippen LogP) is 3.67. The zero-order valence-electron chi connectivity index (χ0n) is 11.2. The number of aliphatic hydroxyl groups is 1. The summed E-state index contributed by atoms with van der Waals surface area (Å²) in [5, 5.41) is 13.1. The van der Waals surface area contributed by atoms with Crippen molar-refractivity contribution in [3.8, 4) is 0 Å². The van der Waals surface area contributed by atoms with Crippen molar-refractivity contribution in [1.82, 2.24) is 0 Å². The van der Waals surface area contributed by atoms with Crippen LogP contribution >= 0.6 is 0 Å². The van der Waals surface area contributed by atoms with Crippen molar-refractivity contribution in [3.63, 3.8) is 0 Å². The molecule has 106 valence electrons. The van der Waals surface area contributed by atoms with Gasteiger partial charge in [-0.3, -0.25) is 0 Å². The molecule has 0 heterocycles. The van der Waals surface area contributed by atoms with Crippen LogP contribution in [-0.4, -0.2) is 11.7 Å². The summed E-state index contributed by atoms with van der Waals surface area (Å²) in [5.74, 6) is -1.86. The van der Waals surface area contributed by atoms with Crippen LogP contribution in [0.5, 0.6) is 0 Å². The summed E-state index contributed by atoms with van der Waals surface area (Å²) in [7, 11) is 0. The van der Waals surface area contributed by atoms with Gasteiger partial charge in [0.25, 0.3) is 0 Å². The number of halogens is 2. The highest BCUT2D eigenvalue weighted by atomic mass is 19.2. The van der Waals surface area contributed by atoms with E-state index in [-0.39, 0.29) is 6.54 Å². The molecule has 2 nitrogen and oxygen atoms in total. The van der Waals surface area contributed by atoms with E-state index in [1.807, 2.05) is 24.3 Å². The van der Waals surface area contributed by atoms with E-state index in [2.05, 4.69) is 12.2 Å². The summed E-state index contributed by atoms with van der Waals surface area (Å²) in [5.41, 5.74) is 2.44. The van der Waals surface area contributed by atoms with E-state index in [1.54, 1.807) is 0 Å². The van der Waals surface area contributed by atoms with Crippen LogP contribution in [-0.2, 0) is 6.42 Å². The van der Waals surface area contributed by atoms with E-state index < -0.39 is 17.7 Å². The molecule has 1 atom stereocenters. The lowest BCUT2D eigenvalue weighted by molar-refractivity contribution is 0.191. The molecular formula is C16H17F2NO. The van der Waals surface area contributed by atoms with Gasteiger partial charge in [-0.25, -0.2) is 8.78 Å². The maximum Gasteiger partial charge on any atom is 0.159 e. The van der Waals surface area contributed by atoms with Crippen molar-refractivity contribution < 1.29 is 13.9 Å². The van der Waals surface area contributed by atoms with Crippen molar-refractivity contribution in [2.75, 3.05) is 11.9 Å². The average Bonchev–Trinajstić information content (AvgIpc) is 2.47. The van der Waals surface area contributed by atoms with Crippen LogP contribution in [0.2, 0.25) is 0 Å². The Morgan fingerprint density at radius 3 is 2.60 bits per heavy atom. The largest absolute Gasteiger partial charge is 0.387 e. The van der Waals surface area contributed by atoms with Crippen LogP contribution in [0.1, 0.15) is 24.2 Å². The molecule has 0 aliphatic heterocycles. The second-order valence-electron chi connectivity index (χ2n) is 4.62. The van der Waals surface area contributed by atoms with E-state index in [0.29, 0.717) is 5.56 Å². The van der Waals surface area contributed by atoms with Gasteiger partial charge >= 0.3 is 0 Å². The summed E-state index contributed by atoms with van der Waals surface area (Å²) in [6, 6.07) is 11.3.